The third-order valence-electron chi connectivity index (χ3n) is 2.16. The zero-order chi connectivity index (χ0) is 13.3. The summed E-state index contributed by atoms with van der Waals surface area (Å²) in [6.07, 6.45) is 0. The molecule has 0 fully saturated rings. The van der Waals surface area contributed by atoms with Crippen molar-refractivity contribution in [3.8, 4) is 0 Å². The van der Waals surface area contributed by atoms with Gasteiger partial charge in [-0.1, -0.05) is 29.0 Å². The Morgan fingerprint density at radius 3 is 2.56 bits per heavy atom. The molecule has 0 radical (unpaired) electrons. The molecule has 1 aromatic carbocycles. The van der Waals surface area contributed by atoms with E-state index < -0.39 is 10.0 Å². The van der Waals surface area contributed by atoms with E-state index in [4.69, 9.17) is 11.6 Å². The van der Waals surface area contributed by atoms with Gasteiger partial charge in [0.25, 0.3) is 14.4 Å². The molecule has 0 bridgehead atoms. The van der Waals surface area contributed by atoms with Crippen LogP contribution in [-0.2, 0) is 10.0 Å². The molecule has 0 aliphatic rings. The minimum absolute atomic E-state index is 0.0586. The minimum Gasteiger partial charge on any atom is -0.278 e. The smallest absolute Gasteiger partial charge is 0.278 e. The van der Waals surface area contributed by atoms with Crippen LogP contribution >= 0.6 is 22.9 Å². The number of halogens is 1. The largest absolute Gasteiger partial charge is 0.291 e. The highest BCUT2D eigenvalue weighted by Crippen LogP contribution is 2.23. The summed E-state index contributed by atoms with van der Waals surface area (Å²) in [5.41, 5.74) is 1.28. The van der Waals surface area contributed by atoms with E-state index in [0.29, 0.717) is 15.7 Å². The fraction of sp³-hybridized carbons (Fsp3) is 0.200. The average molecular weight is 304 g/mol. The molecule has 5 nitrogen and oxygen atoms in total. The lowest BCUT2D eigenvalue weighted by Gasteiger charge is -2.06. The Hall–Kier alpha value is -1.18. The van der Waals surface area contributed by atoms with Gasteiger partial charge in [-0.25, -0.2) is 0 Å². The van der Waals surface area contributed by atoms with Gasteiger partial charge in [0.2, 0.25) is 0 Å². The van der Waals surface area contributed by atoms with Crippen LogP contribution in [0.2, 0.25) is 5.02 Å². The molecular formula is C10H10ClN3O2S2. The molecule has 0 saturated carbocycles. The first kappa shape index (κ1) is 13.3. The Bertz CT molecular complexity index is 682. The van der Waals surface area contributed by atoms with Crippen molar-refractivity contribution in [2.24, 2.45) is 0 Å². The first-order chi connectivity index (χ1) is 8.38. The number of nitrogens with one attached hydrogen (secondary N) is 1. The first-order valence-corrected chi connectivity index (χ1v) is 7.65. The van der Waals surface area contributed by atoms with Crippen LogP contribution in [-0.4, -0.2) is 18.6 Å². The summed E-state index contributed by atoms with van der Waals surface area (Å²) in [5.74, 6) is 0. The SMILES string of the molecule is Cc1nnc(S(=O)(=O)Nc2ccc(C)c(Cl)c2)s1. The molecule has 18 heavy (non-hydrogen) atoms. The van der Waals surface area contributed by atoms with Gasteiger partial charge in [0, 0.05) is 5.02 Å². The summed E-state index contributed by atoms with van der Waals surface area (Å²) in [6, 6.07) is 4.94. The highest BCUT2D eigenvalue weighted by atomic mass is 35.5. The minimum atomic E-state index is -3.69. The lowest BCUT2D eigenvalue weighted by atomic mass is 10.2. The van der Waals surface area contributed by atoms with E-state index in [0.717, 1.165) is 16.9 Å². The molecule has 0 saturated heterocycles. The summed E-state index contributed by atoms with van der Waals surface area (Å²) in [6.45, 7) is 3.54. The molecule has 0 atom stereocenters. The fourth-order valence-electron chi connectivity index (χ4n) is 1.24. The van der Waals surface area contributed by atoms with Crippen LogP contribution in [0.1, 0.15) is 10.6 Å². The lowest BCUT2D eigenvalue weighted by Crippen LogP contribution is -2.12. The van der Waals surface area contributed by atoms with Gasteiger partial charge in [0.1, 0.15) is 5.01 Å². The zero-order valence-corrected chi connectivity index (χ0v) is 12.0. The summed E-state index contributed by atoms with van der Waals surface area (Å²) in [7, 11) is -3.69. The van der Waals surface area contributed by atoms with Gasteiger partial charge in [-0.15, -0.1) is 10.2 Å². The van der Waals surface area contributed by atoms with Crippen LogP contribution in [0.25, 0.3) is 0 Å². The summed E-state index contributed by atoms with van der Waals surface area (Å²) >= 11 is 6.95. The molecule has 0 unspecified atom stereocenters. The molecule has 0 aliphatic heterocycles. The van der Waals surface area contributed by atoms with Gasteiger partial charge in [-0.2, -0.15) is 8.42 Å². The predicted molar refractivity (Wildman–Crippen MR) is 71.6 cm³/mol. The van der Waals surface area contributed by atoms with E-state index in [9.17, 15) is 8.42 Å². The maximum atomic E-state index is 12.0. The van der Waals surface area contributed by atoms with Gasteiger partial charge in [-0.05, 0) is 31.5 Å². The second-order valence-corrected chi connectivity index (χ2v) is 7.10. The monoisotopic (exact) mass is 303 g/mol. The molecule has 0 aliphatic carbocycles. The van der Waals surface area contributed by atoms with E-state index in [1.165, 1.54) is 0 Å². The molecular weight excluding hydrogens is 294 g/mol. The second kappa shape index (κ2) is 4.83. The molecule has 96 valence electrons. The van der Waals surface area contributed by atoms with Crippen molar-refractivity contribution in [3.05, 3.63) is 33.8 Å². The Kier molecular flexibility index (Phi) is 3.56. The van der Waals surface area contributed by atoms with E-state index in [-0.39, 0.29) is 4.34 Å². The molecule has 0 amide bonds. The van der Waals surface area contributed by atoms with Gasteiger partial charge < -0.3 is 0 Å². The number of benzene rings is 1. The van der Waals surface area contributed by atoms with Crippen LogP contribution in [0, 0.1) is 13.8 Å². The Balaban J connectivity index is 2.30. The highest BCUT2D eigenvalue weighted by Gasteiger charge is 2.19. The summed E-state index contributed by atoms with van der Waals surface area (Å²) in [4.78, 5) is 0. The normalized spacial score (nSPS) is 11.5. The topological polar surface area (TPSA) is 72.0 Å². The lowest BCUT2D eigenvalue weighted by molar-refractivity contribution is 0.599. The highest BCUT2D eigenvalue weighted by molar-refractivity contribution is 7.94. The van der Waals surface area contributed by atoms with Crippen molar-refractivity contribution < 1.29 is 8.42 Å². The van der Waals surface area contributed by atoms with Gasteiger partial charge >= 0.3 is 0 Å². The van der Waals surface area contributed by atoms with Crippen molar-refractivity contribution in [1.82, 2.24) is 10.2 Å². The van der Waals surface area contributed by atoms with Crippen molar-refractivity contribution in [2.45, 2.75) is 18.2 Å². The number of hydrogen-bond donors (Lipinski definition) is 1. The standard InChI is InChI=1S/C10H10ClN3O2S2/c1-6-3-4-8(5-9(6)11)14-18(15,16)10-13-12-7(2)17-10/h3-5,14H,1-2H3. The quantitative estimate of drug-likeness (QED) is 0.946. The van der Waals surface area contributed by atoms with Crippen LogP contribution < -0.4 is 4.72 Å². The number of aromatic nitrogens is 2. The number of rotatable bonds is 3. The number of nitrogens with zero attached hydrogens (tertiary/aromatic N) is 2. The van der Waals surface area contributed by atoms with Crippen LogP contribution in [0.15, 0.2) is 22.5 Å². The third kappa shape index (κ3) is 2.80. The molecule has 2 aromatic rings. The second-order valence-electron chi connectivity index (χ2n) is 3.66. The Morgan fingerprint density at radius 1 is 1.28 bits per heavy atom. The molecule has 2 rings (SSSR count). The predicted octanol–water partition coefficient (Wildman–Crippen LogP) is 2.61. The first-order valence-electron chi connectivity index (χ1n) is 4.97. The average Bonchev–Trinajstić information content (AvgIpc) is 2.71. The maximum Gasteiger partial charge on any atom is 0.291 e. The van der Waals surface area contributed by atoms with Crippen molar-refractivity contribution in [3.63, 3.8) is 0 Å². The zero-order valence-electron chi connectivity index (χ0n) is 9.64. The van der Waals surface area contributed by atoms with E-state index in [1.807, 2.05) is 6.92 Å². The third-order valence-corrected chi connectivity index (χ3v) is 5.16. The number of hydrogen-bond acceptors (Lipinski definition) is 5. The van der Waals surface area contributed by atoms with Crippen molar-refractivity contribution in [2.75, 3.05) is 4.72 Å². The fourth-order valence-corrected chi connectivity index (χ4v) is 3.44. The van der Waals surface area contributed by atoms with Gasteiger partial charge in [0.15, 0.2) is 0 Å². The van der Waals surface area contributed by atoms with E-state index in [1.54, 1.807) is 25.1 Å². The van der Waals surface area contributed by atoms with E-state index in [2.05, 4.69) is 14.9 Å². The molecule has 8 heteroatoms. The van der Waals surface area contributed by atoms with Crippen LogP contribution in [0.3, 0.4) is 0 Å². The number of sulfonamides is 1. The Morgan fingerprint density at radius 2 is 2.00 bits per heavy atom. The van der Waals surface area contributed by atoms with Crippen LogP contribution in [0.4, 0.5) is 5.69 Å². The molecule has 1 aromatic heterocycles. The summed E-state index contributed by atoms with van der Waals surface area (Å²) < 4.78 is 26.3. The molecule has 1 heterocycles. The van der Waals surface area contributed by atoms with Gasteiger partial charge in [-0.3, -0.25) is 4.72 Å². The van der Waals surface area contributed by atoms with Gasteiger partial charge in [0.05, 0.1) is 5.69 Å². The number of aryl methyl sites for hydroxylation is 2. The summed E-state index contributed by atoms with van der Waals surface area (Å²) in [5, 5.41) is 8.39. The van der Waals surface area contributed by atoms with E-state index >= 15 is 0 Å². The molecule has 0 spiro atoms. The molecule has 1 N–H and O–H groups in total. The van der Waals surface area contributed by atoms with Crippen molar-refractivity contribution in [1.29, 1.82) is 0 Å². The number of anilines is 1. The Labute approximate surface area is 114 Å². The maximum absolute atomic E-state index is 12.0. The van der Waals surface area contributed by atoms with Crippen LogP contribution in [0.5, 0.6) is 0 Å². The van der Waals surface area contributed by atoms with Crippen molar-refractivity contribution >= 4 is 38.6 Å².